The molecule has 0 saturated carbocycles. The van der Waals surface area contributed by atoms with E-state index in [1.807, 2.05) is 39.9 Å². The van der Waals surface area contributed by atoms with Gasteiger partial charge in [-0.1, -0.05) is 18.2 Å². The van der Waals surface area contributed by atoms with Crippen LogP contribution in [0.15, 0.2) is 42.9 Å². The van der Waals surface area contributed by atoms with Crippen LogP contribution >= 0.6 is 0 Å². The van der Waals surface area contributed by atoms with Gasteiger partial charge in [-0.15, -0.1) is 0 Å². The van der Waals surface area contributed by atoms with Crippen molar-refractivity contribution in [3.05, 3.63) is 54.1 Å². The number of carbonyl (C=O) groups excluding carboxylic acids is 1. The summed E-state index contributed by atoms with van der Waals surface area (Å²) in [6.07, 6.45) is 6.62. The third-order valence-corrected chi connectivity index (χ3v) is 5.96. The molecule has 0 aliphatic carbocycles. The number of amides is 1. The summed E-state index contributed by atoms with van der Waals surface area (Å²) >= 11 is 0. The molecule has 7 nitrogen and oxygen atoms in total. The number of nitrogens with zero attached hydrogens (tertiary/aromatic N) is 6. The summed E-state index contributed by atoms with van der Waals surface area (Å²) in [5.41, 5.74) is 6.26. The van der Waals surface area contributed by atoms with Crippen molar-refractivity contribution >= 4 is 16.7 Å². The molecule has 4 heterocycles. The largest absolute Gasteiger partial charge is 0.338 e. The Bertz CT molecular complexity index is 1270. The molecule has 1 aliphatic rings. The first-order valence-corrected chi connectivity index (χ1v) is 10.3. The smallest absolute Gasteiger partial charge is 0.219 e. The van der Waals surface area contributed by atoms with Crippen LogP contribution in [0.1, 0.15) is 25.1 Å². The number of hydrogen-bond donors (Lipinski definition) is 0. The van der Waals surface area contributed by atoms with E-state index < -0.39 is 0 Å². The van der Waals surface area contributed by atoms with E-state index in [9.17, 15) is 4.79 Å². The van der Waals surface area contributed by atoms with Gasteiger partial charge in [0.05, 0.1) is 17.6 Å². The molecule has 1 aliphatic heterocycles. The van der Waals surface area contributed by atoms with Gasteiger partial charge >= 0.3 is 0 Å². The summed E-state index contributed by atoms with van der Waals surface area (Å²) in [6, 6.07) is 8.36. The van der Waals surface area contributed by atoms with Crippen molar-refractivity contribution in [1.82, 2.24) is 29.4 Å². The van der Waals surface area contributed by atoms with Crippen LogP contribution in [-0.4, -0.2) is 41.9 Å². The molecule has 152 valence electrons. The van der Waals surface area contributed by atoms with Gasteiger partial charge in [0.2, 0.25) is 5.91 Å². The van der Waals surface area contributed by atoms with Crippen molar-refractivity contribution < 1.29 is 4.79 Å². The number of benzene rings is 1. The molecule has 7 heteroatoms. The average molecular weight is 400 g/mol. The van der Waals surface area contributed by atoms with Gasteiger partial charge in [0.15, 0.2) is 0 Å². The highest BCUT2D eigenvalue weighted by molar-refractivity contribution is 5.97. The second-order valence-corrected chi connectivity index (χ2v) is 7.77. The lowest BCUT2D eigenvalue weighted by atomic mass is 9.97. The maximum absolute atomic E-state index is 12.0. The zero-order chi connectivity index (χ0) is 20.8. The maximum Gasteiger partial charge on any atom is 0.219 e. The van der Waals surface area contributed by atoms with Crippen LogP contribution in [-0.2, 0) is 31.4 Å². The van der Waals surface area contributed by atoms with E-state index in [0.717, 1.165) is 58.4 Å². The fraction of sp³-hybridized carbons (Fsp3) is 0.304. The van der Waals surface area contributed by atoms with Gasteiger partial charge in [-0.05, 0) is 18.4 Å². The maximum atomic E-state index is 12.0. The van der Waals surface area contributed by atoms with E-state index in [1.54, 1.807) is 6.92 Å². The average Bonchev–Trinajstić information content (AvgIpc) is 3.37. The molecule has 0 fully saturated rings. The summed E-state index contributed by atoms with van der Waals surface area (Å²) < 4.78 is 3.86. The predicted octanol–water partition coefficient (Wildman–Crippen LogP) is 3.42. The summed E-state index contributed by atoms with van der Waals surface area (Å²) in [5.74, 6) is 0.104. The molecule has 30 heavy (non-hydrogen) atoms. The number of pyridine rings is 1. The lowest BCUT2D eigenvalue weighted by molar-refractivity contribution is -0.129. The first-order chi connectivity index (χ1) is 14.5. The number of hydrogen-bond acceptors (Lipinski definition) is 4. The van der Waals surface area contributed by atoms with Crippen LogP contribution in [0.2, 0.25) is 0 Å². The predicted molar refractivity (Wildman–Crippen MR) is 116 cm³/mol. The van der Waals surface area contributed by atoms with Crippen molar-refractivity contribution in [2.24, 2.45) is 7.05 Å². The normalized spacial score (nSPS) is 13.6. The Morgan fingerprint density at radius 3 is 2.87 bits per heavy atom. The quantitative estimate of drug-likeness (QED) is 0.528. The van der Waals surface area contributed by atoms with Crippen LogP contribution < -0.4 is 0 Å². The van der Waals surface area contributed by atoms with Crippen molar-refractivity contribution in [1.29, 1.82) is 0 Å². The van der Waals surface area contributed by atoms with Gasteiger partial charge in [-0.3, -0.25) is 19.1 Å². The van der Waals surface area contributed by atoms with E-state index in [-0.39, 0.29) is 5.91 Å². The van der Waals surface area contributed by atoms with E-state index in [2.05, 4.69) is 36.3 Å². The topological polar surface area (TPSA) is 68.8 Å². The van der Waals surface area contributed by atoms with E-state index in [0.29, 0.717) is 6.54 Å². The Morgan fingerprint density at radius 1 is 1.23 bits per heavy atom. The van der Waals surface area contributed by atoms with Gasteiger partial charge in [0.1, 0.15) is 0 Å². The fourth-order valence-corrected chi connectivity index (χ4v) is 4.28. The zero-order valence-corrected chi connectivity index (χ0v) is 17.5. The molecule has 0 N–H and O–H groups in total. The van der Waals surface area contributed by atoms with Crippen LogP contribution in [0.4, 0.5) is 0 Å². The second kappa shape index (κ2) is 7.09. The zero-order valence-electron chi connectivity index (χ0n) is 17.5. The van der Waals surface area contributed by atoms with Gasteiger partial charge in [0, 0.05) is 80.2 Å². The molecular formula is C23H24N6O. The molecule has 1 amide bonds. The van der Waals surface area contributed by atoms with Crippen LogP contribution in [0.25, 0.3) is 33.3 Å². The highest BCUT2D eigenvalue weighted by Crippen LogP contribution is 2.35. The molecule has 0 saturated heterocycles. The van der Waals surface area contributed by atoms with Crippen LogP contribution in [0.3, 0.4) is 0 Å². The van der Waals surface area contributed by atoms with E-state index in [1.165, 1.54) is 5.69 Å². The van der Waals surface area contributed by atoms with Crippen molar-refractivity contribution in [2.45, 2.75) is 33.4 Å². The van der Waals surface area contributed by atoms with Crippen molar-refractivity contribution in [2.75, 3.05) is 6.54 Å². The Morgan fingerprint density at radius 2 is 2.10 bits per heavy atom. The molecule has 0 radical (unpaired) electrons. The third kappa shape index (κ3) is 2.98. The SMILES string of the molecule is CCn1cc(-c2cc3cccc(-c4nn(C)c5c4CN(C(C)=O)CC5)c3cn2)cn1. The summed E-state index contributed by atoms with van der Waals surface area (Å²) in [4.78, 5) is 18.6. The minimum absolute atomic E-state index is 0.104. The molecule has 0 atom stereocenters. The molecule has 1 aromatic carbocycles. The highest BCUT2D eigenvalue weighted by atomic mass is 16.2. The van der Waals surface area contributed by atoms with Crippen LogP contribution in [0, 0.1) is 0 Å². The Kier molecular flexibility index (Phi) is 4.38. The molecular weight excluding hydrogens is 376 g/mol. The van der Waals surface area contributed by atoms with Crippen molar-refractivity contribution in [3.63, 3.8) is 0 Å². The van der Waals surface area contributed by atoms with Crippen LogP contribution in [0.5, 0.6) is 0 Å². The lowest BCUT2D eigenvalue weighted by Crippen LogP contribution is -2.34. The first-order valence-electron chi connectivity index (χ1n) is 10.3. The van der Waals surface area contributed by atoms with E-state index >= 15 is 0 Å². The lowest BCUT2D eigenvalue weighted by Gasteiger charge is -2.26. The third-order valence-electron chi connectivity index (χ3n) is 5.96. The Balaban J connectivity index is 1.61. The molecule has 0 spiro atoms. The standard InChI is InChI=1S/C23H24N6O/c1-4-29-13-17(11-25-29)21-10-16-6-5-7-18(19(16)12-24-21)23-20-14-28(15(2)30)9-8-22(20)27(3)26-23/h5-7,10-13H,4,8-9,14H2,1-3H3. The minimum Gasteiger partial charge on any atom is -0.338 e. The summed E-state index contributed by atoms with van der Waals surface area (Å²) in [7, 11) is 1.98. The molecule has 4 aromatic rings. The number of carbonyl (C=O) groups is 1. The summed E-state index contributed by atoms with van der Waals surface area (Å²) in [6.45, 7) is 5.88. The molecule has 0 bridgehead atoms. The number of fused-ring (bicyclic) bond motifs is 2. The van der Waals surface area contributed by atoms with Crippen molar-refractivity contribution in [3.8, 4) is 22.5 Å². The number of aromatic nitrogens is 5. The fourth-order valence-electron chi connectivity index (χ4n) is 4.28. The second-order valence-electron chi connectivity index (χ2n) is 7.77. The monoisotopic (exact) mass is 400 g/mol. The molecule has 3 aromatic heterocycles. The number of aryl methyl sites for hydroxylation is 2. The van der Waals surface area contributed by atoms with E-state index in [4.69, 9.17) is 10.1 Å². The van der Waals surface area contributed by atoms with Gasteiger partial charge in [-0.25, -0.2) is 0 Å². The molecule has 5 rings (SSSR count). The summed E-state index contributed by atoms with van der Waals surface area (Å²) in [5, 5.41) is 11.4. The van der Waals surface area contributed by atoms with Gasteiger partial charge in [-0.2, -0.15) is 10.2 Å². The van der Waals surface area contributed by atoms with Gasteiger partial charge in [0.25, 0.3) is 0 Å². The van der Waals surface area contributed by atoms with Gasteiger partial charge < -0.3 is 4.90 Å². The Labute approximate surface area is 174 Å². The molecule has 0 unspecified atom stereocenters. The number of rotatable bonds is 3. The highest BCUT2D eigenvalue weighted by Gasteiger charge is 2.26. The Hall–Kier alpha value is -3.48. The first kappa shape index (κ1) is 18.5. The minimum atomic E-state index is 0.104.